The Bertz CT molecular complexity index is 1560. The van der Waals surface area contributed by atoms with Gasteiger partial charge in [0.2, 0.25) is 5.91 Å². The SMILES string of the molecule is COC(=O)[C@@H]1[C@H](C(=O)O)[C@@H](C(=O)O)[C@H]1C(=O)N[C@@H](C)[C@@H](Cc1ccc(Cl)c(Cl)c1)OC(=O)c1ccc2ccccc2c1. The summed E-state index contributed by atoms with van der Waals surface area (Å²) in [6.45, 7) is 1.55. The maximum absolute atomic E-state index is 13.4. The van der Waals surface area contributed by atoms with E-state index in [2.05, 4.69) is 10.1 Å². The zero-order valence-electron chi connectivity index (χ0n) is 22.5. The van der Waals surface area contributed by atoms with Crippen LogP contribution in [0.1, 0.15) is 22.8 Å². The third-order valence-corrected chi connectivity index (χ3v) is 8.23. The number of esters is 2. The molecule has 4 rings (SSSR count). The second-order valence-corrected chi connectivity index (χ2v) is 10.9. The summed E-state index contributed by atoms with van der Waals surface area (Å²) in [5.74, 6) is -12.0. The highest BCUT2D eigenvalue weighted by molar-refractivity contribution is 6.42. The van der Waals surface area contributed by atoms with E-state index in [0.29, 0.717) is 10.6 Å². The first kappa shape index (κ1) is 30.8. The molecule has 0 heterocycles. The molecule has 0 aromatic heterocycles. The van der Waals surface area contributed by atoms with Gasteiger partial charge in [-0.2, -0.15) is 0 Å². The Hall–Kier alpha value is -4.15. The predicted octanol–water partition coefficient (Wildman–Crippen LogP) is 4.24. The standard InChI is InChI=1S/C30H27Cl2NO9/c1-14(33-26(34)22-23(27(35)36)24(28(37)38)25(22)30(40)41-2)21(12-15-7-10-19(31)20(32)11-15)42-29(39)18-9-8-16-5-3-4-6-17(16)13-18/h3-11,13-14,21-25H,12H2,1-2H3,(H,33,34)(H,35,36)(H,37,38)/t14-,21+,22+,23-,24+,25-/m0/s1. The Balaban J connectivity index is 1.60. The quantitative estimate of drug-likeness (QED) is 0.284. The van der Waals surface area contributed by atoms with Crippen molar-refractivity contribution in [1.82, 2.24) is 5.32 Å². The fourth-order valence-electron chi connectivity index (χ4n) is 5.27. The molecule has 0 aliphatic heterocycles. The lowest BCUT2D eigenvalue weighted by atomic mass is 9.56. The highest BCUT2D eigenvalue weighted by Gasteiger charge is 2.64. The van der Waals surface area contributed by atoms with E-state index >= 15 is 0 Å². The summed E-state index contributed by atoms with van der Waals surface area (Å²) in [5, 5.41) is 24.2. The third kappa shape index (κ3) is 6.34. The molecule has 0 bridgehead atoms. The summed E-state index contributed by atoms with van der Waals surface area (Å²) in [5.41, 5.74) is 0.901. The summed E-state index contributed by atoms with van der Waals surface area (Å²) in [7, 11) is 1.02. The van der Waals surface area contributed by atoms with Gasteiger partial charge in [0, 0.05) is 6.42 Å². The molecule has 0 unspecified atom stereocenters. The minimum atomic E-state index is -1.66. The van der Waals surface area contributed by atoms with Crippen molar-refractivity contribution in [2.45, 2.75) is 25.5 Å². The minimum absolute atomic E-state index is 0.0862. The lowest BCUT2D eigenvalue weighted by Crippen LogP contribution is -2.63. The number of amides is 1. The molecule has 1 aliphatic carbocycles. The number of rotatable bonds is 10. The van der Waals surface area contributed by atoms with E-state index in [9.17, 15) is 34.2 Å². The van der Waals surface area contributed by atoms with Crippen molar-refractivity contribution in [2.75, 3.05) is 7.11 Å². The molecule has 220 valence electrons. The van der Waals surface area contributed by atoms with Crippen LogP contribution in [0.25, 0.3) is 10.8 Å². The van der Waals surface area contributed by atoms with Crippen LogP contribution in [-0.4, -0.2) is 59.3 Å². The highest BCUT2D eigenvalue weighted by atomic mass is 35.5. The molecule has 0 spiro atoms. The molecule has 10 nitrogen and oxygen atoms in total. The number of nitrogens with one attached hydrogen (secondary N) is 1. The van der Waals surface area contributed by atoms with Crippen LogP contribution in [0.15, 0.2) is 60.7 Å². The number of benzene rings is 3. The molecule has 1 fully saturated rings. The molecular formula is C30H27Cl2NO9. The van der Waals surface area contributed by atoms with E-state index in [1.165, 1.54) is 0 Å². The molecular weight excluding hydrogens is 589 g/mol. The first-order valence-corrected chi connectivity index (χ1v) is 13.7. The van der Waals surface area contributed by atoms with Crippen LogP contribution in [0.2, 0.25) is 10.0 Å². The summed E-state index contributed by atoms with van der Waals surface area (Å²) in [6, 6.07) is 16.5. The van der Waals surface area contributed by atoms with E-state index in [4.69, 9.17) is 27.9 Å². The summed E-state index contributed by atoms with van der Waals surface area (Å²) in [6.07, 6.45) is -0.900. The van der Waals surface area contributed by atoms with Crippen LogP contribution >= 0.6 is 23.2 Å². The van der Waals surface area contributed by atoms with Crippen molar-refractivity contribution in [1.29, 1.82) is 0 Å². The number of hydrogen-bond acceptors (Lipinski definition) is 7. The summed E-state index contributed by atoms with van der Waals surface area (Å²) >= 11 is 12.2. The van der Waals surface area contributed by atoms with Gasteiger partial charge in [0.1, 0.15) is 6.10 Å². The van der Waals surface area contributed by atoms with Gasteiger partial charge in [0.25, 0.3) is 0 Å². The second kappa shape index (κ2) is 12.8. The molecule has 1 saturated carbocycles. The molecule has 1 aliphatic rings. The Kier molecular flexibility index (Phi) is 9.38. The van der Waals surface area contributed by atoms with Gasteiger partial charge in [-0.1, -0.05) is 59.6 Å². The van der Waals surface area contributed by atoms with Crippen molar-refractivity contribution in [3.05, 3.63) is 81.8 Å². The molecule has 3 aromatic rings. The number of fused-ring (bicyclic) bond motifs is 1. The molecule has 0 radical (unpaired) electrons. The van der Waals surface area contributed by atoms with E-state index in [1.807, 2.05) is 24.3 Å². The van der Waals surface area contributed by atoms with E-state index in [1.54, 1.807) is 43.3 Å². The van der Waals surface area contributed by atoms with Gasteiger partial charge in [0.05, 0.1) is 52.4 Å². The maximum Gasteiger partial charge on any atom is 0.338 e. The van der Waals surface area contributed by atoms with Crippen molar-refractivity contribution >= 4 is 63.8 Å². The number of methoxy groups -OCH3 is 1. The summed E-state index contributed by atoms with van der Waals surface area (Å²) in [4.78, 5) is 62.6. The van der Waals surface area contributed by atoms with Gasteiger partial charge in [-0.05, 0) is 47.5 Å². The first-order valence-electron chi connectivity index (χ1n) is 12.9. The average molecular weight is 616 g/mol. The van der Waals surface area contributed by atoms with Crippen LogP contribution in [-0.2, 0) is 35.1 Å². The van der Waals surface area contributed by atoms with Crippen molar-refractivity contribution in [3.8, 4) is 0 Å². The molecule has 1 amide bonds. The Labute approximate surface area is 250 Å². The van der Waals surface area contributed by atoms with Crippen LogP contribution in [0.5, 0.6) is 0 Å². The monoisotopic (exact) mass is 615 g/mol. The zero-order chi connectivity index (χ0) is 30.7. The van der Waals surface area contributed by atoms with E-state index in [0.717, 1.165) is 17.9 Å². The topological polar surface area (TPSA) is 156 Å². The van der Waals surface area contributed by atoms with Crippen LogP contribution in [0, 0.1) is 23.7 Å². The number of carboxylic acids is 2. The number of halogens is 2. The number of aliphatic carboxylic acids is 2. The molecule has 0 saturated heterocycles. The third-order valence-electron chi connectivity index (χ3n) is 7.49. The summed E-state index contributed by atoms with van der Waals surface area (Å²) < 4.78 is 10.5. The van der Waals surface area contributed by atoms with Gasteiger partial charge in [-0.15, -0.1) is 0 Å². The number of carbonyl (C=O) groups excluding carboxylic acids is 3. The Morgan fingerprint density at radius 2 is 1.48 bits per heavy atom. The lowest BCUT2D eigenvalue weighted by Gasteiger charge is -2.45. The van der Waals surface area contributed by atoms with Gasteiger partial charge < -0.3 is 25.0 Å². The number of carbonyl (C=O) groups is 5. The fourth-order valence-corrected chi connectivity index (χ4v) is 5.59. The smallest absolute Gasteiger partial charge is 0.338 e. The van der Waals surface area contributed by atoms with E-state index in [-0.39, 0.29) is 17.0 Å². The van der Waals surface area contributed by atoms with Gasteiger partial charge >= 0.3 is 23.9 Å². The largest absolute Gasteiger partial charge is 0.481 e. The van der Waals surface area contributed by atoms with Gasteiger partial charge in [-0.3, -0.25) is 19.2 Å². The molecule has 3 aromatic carbocycles. The predicted molar refractivity (Wildman–Crippen MR) is 152 cm³/mol. The number of ether oxygens (including phenoxy) is 2. The van der Waals surface area contributed by atoms with Crippen molar-refractivity contribution in [2.24, 2.45) is 23.7 Å². The fraction of sp³-hybridized carbons (Fsp3) is 0.300. The minimum Gasteiger partial charge on any atom is -0.481 e. The number of hydrogen-bond donors (Lipinski definition) is 3. The van der Waals surface area contributed by atoms with Crippen LogP contribution in [0.3, 0.4) is 0 Å². The second-order valence-electron chi connectivity index (χ2n) is 10.1. The first-order chi connectivity index (χ1) is 19.9. The van der Waals surface area contributed by atoms with E-state index < -0.39 is 65.6 Å². The van der Waals surface area contributed by atoms with Crippen molar-refractivity contribution in [3.63, 3.8) is 0 Å². The highest BCUT2D eigenvalue weighted by Crippen LogP contribution is 2.47. The molecule has 3 N–H and O–H groups in total. The Morgan fingerprint density at radius 1 is 0.833 bits per heavy atom. The average Bonchev–Trinajstić information content (AvgIpc) is 2.93. The van der Waals surface area contributed by atoms with Gasteiger partial charge in [0.15, 0.2) is 0 Å². The maximum atomic E-state index is 13.4. The zero-order valence-corrected chi connectivity index (χ0v) is 24.0. The van der Waals surface area contributed by atoms with Crippen molar-refractivity contribution < 1.29 is 43.7 Å². The molecule has 6 atom stereocenters. The molecule has 42 heavy (non-hydrogen) atoms. The van der Waals surface area contributed by atoms with Crippen LogP contribution < -0.4 is 5.32 Å². The molecule has 12 heteroatoms. The Morgan fingerprint density at radius 3 is 2.10 bits per heavy atom. The normalized spacial score (nSPS) is 21.0. The lowest BCUT2D eigenvalue weighted by molar-refractivity contribution is -0.188. The van der Waals surface area contributed by atoms with Crippen LogP contribution in [0.4, 0.5) is 0 Å². The number of carboxylic acid groups (broad SMARTS) is 2. The van der Waals surface area contributed by atoms with Gasteiger partial charge in [-0.25, -0.2) is 4.79 Å².